The predicted molar refractivity (Wildman–Crippen MR) is 86.8 cm³/mol. The van der Waals surface area contributed by atoms with Gasteiger partial charge in [0.25, 0.3) is 0 Å². The highest BCUT2D eigenvalue weighted by Gasteiger charge is 2.12. The number of aryl methyl sites for hydroxylation is 1. The fourth-order valence-corrected chi connectivity index (χ4v) is 2.02. The molecule has 0 unspecified atom stereocenters. The zero-order chi connectivity index (χ0) is 15.6. The van der Waals surface area contributed by atoms with Crippen LogP contribution in [0.1, 0.15) is 57.5 Å². The summed E-state index contributed by atoms with van der Waals surface area (Å²) in [5, 5.41) is 8.00. The molecule has 0 amide bonds. The molecule has 4 heteroatoms. The van der Waals surface area contributed by atoms with Crippen molar-refractivity contribution in [1.82, 2.24) is 20.1 Å². The molecule has 0 spiro atoms. The molecule has 21 heavy (non-hydrogen) atoms. The van der Waals surface area contributed by atoms with Crippen LogP contribution in [0.3, 0.4) is 0 Å². The highest BCUT2D eigenvalue weighted by molar-refractivity contribution is 5.32. The molecule has 0 aromatic carbocycles. The topological polar surface area (TPSA) is 42.7 Å². The minimum Gasteiger partial charge on any atom is -0.308 e. The Morgan fingerprint density at radius 2 is 1.95 bits per heavy atom. The van der Waals surface area contributed by atoms with Crippen LogP contribution in [0.2, 0.25) is 0 Å². The van der Waals surface area contributed by atoms with E-state index in [1.165, 1.54) is 5.56 Å². The standard InChI is InChI=1S/C17H26N4/c1-12(2)15-9-14(11-18-17(4,5)6)10-16(19-15)21-8-7-13(3)20-21/h7-10,12,18H,11H2,1-6H3. The van der Waals surface area contributed by atoms with Gasteiger partial charge in [0, 0.05) is 24.0 Å². The minimum absolute atomic E-state index is 0.101. The Hall–Kier alpha value is -1.68. The first-order valence-electron chi connectivity index (χ1n) is 7.53. The number of nitrogens with zero attached hydrogens (tertiary/aromatic N) is 3. The number of hydrogen-bond donors (Lipinski definition) is 1. The quantitative estimate of drug-likeness (QED) is 0.934. The van der Waals surface area contributed by atoms with Crippen LogP contribution in [0.25, 0.3) is 5.82 Å². The van der Waals surface area contributed by atoms with Crippen LogP contribution in [0, 0.1) is 6.92 Å². The van der Waals surface area contributed by atoms with Gasteiger partial charge < -0.3 is 5.32 Å². The van der Waals surface area contributed by atoms with Crippen molar-refractivity contribution in [2.75, 3.05) is 0 Å². The van der Waals surface area contributed by atoms with E-state index < -0.39 is 0 Å². The van der Waals surface area contributed by atoms with Gasteiger partial charge in [-0.05, 0) is 57.4 Å². The molecule has 2 rings (SSSR count). The smallest absolute Gasteiger partial charge is 0.153 e. The summed E-state index contributed by atoms with van der Waals surface area (Å²) in [6.45, 7) is 13.7. The second-order valence-electron chi connectivity index (χ2n) is 6.92. The molecule has 114 valence electrons. The van der Waals surface area contributed by atoms with Crippen molar-refractivity contribution < 1.29 is 0 Å². The monoisotopic (exact) mass is 286 g/mol. The van der Waals surface area contributed by atoms with Crippen LogP contribution < -0.4 is 5.32 Å². The lowest BCUT2D eigenvalue weighted by molar-refractivity contribution is 0.424. The average Bonchev–Trinajstić information content (AvgIpc) is 2.82. The molecule has 0 saturated heterocycles. The summed E-state index contributed by atoms with van der Waals surface area (Å²) in [6, 6.07) is 6.29. The first-order chi connectivity index (χ1) is 9.74. The van der Waals surface area contributed by atoms with E-state index in [0.29, 0.717) is 5.92 Å². The third-order valence-electron chi connectivity index (χ3n) is 3.26. The van der Waals surface area contributed by atoms with Gasteiger partial charge in [-0.15, -0.1) is 0 Å². The fourth-order valence-electron chi connectivity index (χ4n) is 2.02. The average molecular weight is 286 g/mol. The summed E-state index contributed by atoms with van der Waals surface area (Å²) in [6.07, 6.45) is 1.96. The molecule has 0 fully saturated rings. The van der Waals surface area contributed by atoms with Crippen molar-refractivity contribution in [3.05, 3.63) is 41.3 Å². The molecule has 0 atom stereocenters. The molecule has 2 aromatic heterocycles. The maximum absolute atomic E-state index is 4.73. The maximum Gasteiger partial charge on any atom is 0.153 e. The van der Waals surface area contributed by atoms with Crippen molar-refractivity contribution >= 4 is 0 Å². The predicted octanol–water partition coefficient (Wildman–Crippen LogP) is 3.59. The summed E-state index contributed by atoms with van der Waals surface area (Å²) < 4.78 is 1.85. The van der Waals surface area contributed by atoms with Crippen LogP contribution in [-0.4, -0.2) is 20.3 Å². The molecular weight excluding hydrogens is 260 g/mol. The Kier molecular flexibility index (Phi) is 4.47. The van der Waals surface area contributed by atoms with Crippen molar-refractivity contribution in [1.29, 1.82) is 0 Å². The van der Waals surface area contributed by atoms with Crippen molar-refractivity contribution in [2.24, 2.45) is 0 Å². The third-order valence-corrected chi connectivity index (χ3v) is 3.26. The lowest BCUT2D eigenvalue weighted by Gasteiger charge is -2.21. The number of aromatic nitrogens is 3. The zero-order valence-electron chi connectivity index (χ0n) is 13.9. The summed E-state index contributed by atoms with van der Waals surface area (Å²) in [5.41, 5.74) is 3.45. The third kappa shape index (κ3) is 4.39. The van der Waals surface area contributed by atoms with Gasteiger partial charge >= 0.3 is 0 Å². The van der Waals surface area contributed by atoms with Gasteiger partial charge in [-0.3, -0.25) is 0 Å². The van der Waals surface area contributed by atoms with Gasteiger partial charge in [-0.1, -0.05) is 13.8 Å². The number of pyridine rings is 1. The van der Waals surface area contributed by atoms with Gasteiger partial charge in [0.1, 0.15) is 0 Å². The zero-order valence-corrected chi connectivity index (χ0v) is 13.9. The lowest BCUT2D eigenvalue weighted by atomic mass is 10.1. The van der Waals surface area contributed by atoms with Crippen LogP contribution >= 0.6 is 0 Å². The highest BCUT2D eigenvalue weighted by atomic mass is 15.3. The van der Waals surface area contributed by atoms with E-state index in [-0.39, 0.29) is 5.54 Å². The van der Waals surface area contributed by atoms with E-state index in [9.17, 15) is 0 Å². The molecule has 1 N–H and O–H groups in total. The first-order valence-corrected chi connectivity index (χ1v) is 7.53. The molecule has 2 heterocycles. The summed E-state index contributed by atoms with van der Waals surface area (Å²) >= 11 is 0. The van der Waals surface area contributed by atoms with Crippen LogP contribution in [-0.2, 0) is 6.54 Å². The van der Waals surface area contributed by atoms with Gasteiger partial charge in [0.2, 0.25) is 0 Å². The van der Waals surface area contributed by atoms with E-state index in [1.54, 1.807) is 0 Å². The van der Waals surface area contributed by atoms with Gasteiger partial charge in [-0.2, -0.15) is 5.10 Å². The lowest BCUT2D eigenvalue weighted by Crippen LogP contribution is -2.35. The Morgan fingerprint density at radius 1 is 1.24 bits per heavy atom. The summed E-state index contributed by atoms with van der Waals surface area (Å²) in [4.78, 5) is 4.73. The minimum atomic E-state index is 0.101. The van der Waals surface area contributed by atoms with Gasteiger partial charge in [-0.25, -0.2) is 9.67 Å². The van der Waals surface area contributed by atoms with Crippen LogP contribution in [0.5, 0.6) is 0 Å². The molecule has 0 saturated carbocycles. The van der Waals surface area contributed by atoms with Gasteiger partial charge in [0.05, 0.1) is 5.69 Å². The molecule has 0 aliphatic carbocycles. The Balaban J connectivity index is 2.34. The highest BCUT2D eigenvalue weighted by Crippen LogP contribution is 2.18. The molecule has 0 bridgehead atoms. The van der Waals surface area contributed by atoms with E-state index in [4.69, 9.17) is 4.98 Å². The van der Waals surface area contributed by atoms with Gasteiger partial charge in [0.15, 0.2) is 5.82 Å². The number of rotatable bonds is 4. The maximum atomic E-state index is 4.73. The largest absolute Gasteiger partial charge is 0.308 e. The Bertz CT molecular complexity index is 605. The second kappa shape index (κ2) is 5.98. The second-order valence-corrected chi connectivity index (χ2v) is 6.92. The van der Waals surface area contributed by atoms with Crippen molar-refractivity contribution in [2.45, 2.75) is 59.5 Å². The first kappa shape index (κ1) is 15.7. The van der Waals surface area contributed by atoms with Crippen LogP contribution in [0.15, 0.2) is 24.4 Å². The van der Waals surface area contributed by atoms with Crippen molar-refractivity contribution in [3.8, 4) is 5.82 Å². The molecule has 2 aromatic rings. The Morgan fingerprint density at radius 3 is 2.48 bits per heavy atom. The molecule has 0 aliphatic rings. The number of hydrogen-bond acceptors (Lipinski definition) is 3. The van der Waals surface area contributed by atoms with E-state index in [2.05, 4.69) is 57.2 Å². The molecular formula is C17H26N4. The molecule has 4 nitrogen and oxygen atoms in total. The van der Waals surface area contributed by atoms with Crippen molar-refractivity contribution in [3.63, 3.8) is 0 Å². The molecule has 0 radical (unpaired) electrons. The normalized spacial score (nSPS) is 12.1. The summed E-state index contributed by atoms with van der Waals surface area (Å²) in [5.74, 6) is 1.29. The van der Waals surface area contributed by atoms with E-state index in [0.717, 1.165) is 23.8 Å². The van der Waals surface area contributed by atoms with Crippen LogP contribution in [0.4, 0.5) is 0 Å². The molecule has 0 aliphatic heterocycles. The van der Waals surface area contributed by atoms with E-state index in [1.807, 2.05) is 23.9 Å². The SMILES string of the molecule is Cc1ccn(-c2cc(CNC(C)(C)C)cc(C(C)C)n2)n1. The summed E-state index contributed by atoms with van der Waals surface area (Å²) in [7, 11) is 0. The fraction of sp³-hybridized carbons (Fsp3) is 0.529. The number of nitrogens with one attached hydrogen (secondary N) is 1. The van der Waals surface area contributed by atoms with E-state index >= 15 is 0 Å². The Labute approximate surface area is 127 Å².